The van der Waals surface area contributed by atoms with Crippen molar-refractivity contribution in [1.29, 1.82) is 0 Å². The lowest BCUT2D eigenvalue weighted by Gasteiger charge is -2.09. The molecule has 3 aromatic rings. The van der Waals surface area contributed by atoms with Crippen molar-refractivity contribution in [3.8, 4) is 11.1 Å². The molecule has 2 heterocycles. The average Bonchev–Trinajstić information content (AvgIpc) is 3.16. The molecule has 0 aliphatic carbocycles. The van der Waals surface area contributed by atoms with Gasteiger partial charge in [-0.2, -0.15) is 0 Å². The molecule has 26 heavy (non-hydrogen) atoms. The molecule has 2 aromatic carbocycles. The molecule has 0 radical (unpaired) electrons. The molecular formula is C21H18FN3O. The Morgan fingerprint density at radius 1 is 1.12 bits per heavy atom. The number of amides is 1. The first kappa shape index (κ1) is 16.3. The second-order valence-corrected chi connectivity index (χ2v) is 6.21. The van der Waals surface area contributed by atoms with Gasteiger partial charge in [0.1, 0.15) is 11.6 Å². The molecule has 0 unspecified atom stereocenters. The normalized spacial score (nSPS) is 12.3. The number of hydrogen-bond acceptors (Lipinski definition) is 3. The largest absolute Gasteiger partial charge is 0.369 e. The highest BCUT2D eigenvalue weighted by atomic mass is 19.1. The van der Waals surface area contributed by atoms with Crippen LogP contribution in [0.2, 0.25) is 0 Å². The van der Waals surface area contributed by atoms with Gasteiger partial charge in [0.15, 0.2) is 0 Å². The van der Waals surface area contributed by atoms with Crippen molar-refractivity contribution in [3.05, 3.63) is 83.3 Å². The highest BCUT2D eigenvalue weighted by Gasteiger charge is 2.16. The standard InChI is InChI=1S/C21H18FN3O/c22-19-4-2-1-3-16(19)13-25-21(26)15-7-5-14(6-8-15)17-9-11-23-20-18(17)10-12-24-20/h1-9,11H,10,12-13H2,(H,23,24)(H,25,26). The van der Waals surface area contributed by atoms with Crippen LogP contribution in [0.1, 0.15) is 21.5 Å². The van der Waals surface area contributed by atoms with E-state index in [1.165, 1.54) is 11.6 Å². The molecule has 5 heteroatoms. The molecule has 2 N–H and O–H groups in total. The first-order valence-electron chi connectivity index (χ1n) is 8.56. The van der Waals surface area contributed by atoms with Crippen molar-refractivity contribution in [1.82, 2.24) is 10.3 Å². The van der Waals surface area contributed by atoms with Crippen LogP contribution in [0.5, 0.6) is 0 Å². The Morgan fingerprint density at radius 2 is 1.92 bits per heavy atom. The molecule has 1 aromatic heterocycles. The minimum absolute atomic E-state index is 0.163. The summed E-state index contributed by atoms with van der Waals surface area (Å²) in [7, 11) is 0. The van der Waals surface area contributed by atoms with E-state index in [1.54, 1.807) is 36.5 Å². The van der Waals surface area contributed by atoms with E-state index < -0.39 is 0 Å². The number of halogens is 1. The van der Waals surface area contributed by atoms with Crippen LogP contribution >= 0.6 is 0 Å². The van der Waals surface area contributed by atoms with Crippen LogP contribution in [-0.2, 0) is 13.0 Å². The minimum Gasteiger partial charge on any atom is -0.369 e. The maximum absolute atomic E-state index is 13.6. The topological polar surface area (TPSA) is 54.0 Å². The predicted octanol–water partition coefficient (Wildman–Crippen LogP) is 3.79. The summed E-state index contributed by atoms with van der Waals surface area (Å²) in [6.07, 6.45) is 2.74. The number of fused-ring (bicyclic) bond motifs is 1. The second kappa shape index (κ2) is 6.96. The van der Waals surface area contributed by atoms with Crippen LogP contribution in [0.3, 0.4) is 0 Å². The Kier molecular flexibility index (Phi) is 4.35. The summed E-state index contributed by atoms with van der Waals surface area (Å²) < 4.78 is 13.6. The van der Waals surface area contributed by atoms with Gasteiger partial charge in [0.05, 0.1) is 0 Å². The van der Waals surface area contributed by atoms with Gasteiger partial charge >= 0.3 is 0 Å². The zero-order chi connectivity index (χ0) is 17.9. The maximum atomic E-state index is 13.6. The van der Waals surface area contributed by atoms with Crippen molar-refractivity contribution in [2.24, 2.45) is 0 Å². The Labute approximate surface area is 151 Å². The third-order valence-corrected chi connectivity index (χ3v) is 4.58. The Balaban J connectivity index is 1.49. The van der Waals surface area contributed by atoms with E-state index in [-0.39, 0.29) is 18.3 Å². The van der Waals surface area contributed by atoms with Gasteiger partial charge in [-0.05, 0) is 41.8 Å². The van der Waals surface area contributed by atoms with E-state index in [1.807, 2.05) is 18.2 Å². The summed E-state index contributed by atoms with van der Waals surface area (Å²) in [5.41, 5.74) is 4.42. The number of aromatic nitrogens is 1. The number of hydrogen-bond donors (Lipinski definition) is 2. The first-order valence-corrected chi connectivity index (χ1v) is 8.56. The zero-order valence-electron chi connectivity index (χ0n) is 14.1. The number of rotatable bonds is 4. The molecule has 0 bridgehead atoms. The van der Waals surface area contributed by atoms with Crippen LogP contribution in [0, 0.1) is 5.82 Å². The molecule has 1 aliphatic rings. The van der Waals surface area contributed by atoms with Gasteiger partial charge < -0.3 is 10.6 Å². The van der Waals surface area contributed by atoms with Crippen molar-refractivity contribution in [3.63, 3.8) is 0 Å². The lowest BCUT2D eigenvalue weighted by Crippen LogP contribution is -2.23. The Morgan fingerprint density at radius 3 is 2.73 bits per heavy atom. The van der Waals surface area contributed by atoms with E-state index >= 15 is 0 Å². The van der Waals surface area contributed by atoms with Gasteiger partial charge in [0.25, 0.3) is 5.91 Å². The quantitative estimate of drug-likeness (QED) is 0.755. The first-order chi connectivity index (χ1) is 12.7. The molecule has 4 nitrogen and oxygen atoms in total. The average molecular weight is 347 g/mol. The van der Waals surface area contributed by atoms with Crippen LogP contribution in [0.25, 0.3) is 11.1 Å². The number of nitrogens with one attached hydrogen (secondary N) is 2. The summed E-state index contributed by atoms with van der Waals surface area (Å²) in [4.78, 5) is 16.7. The molecule has 1 aliphatic heterocycles. The second-order valence-electron chi connectivity index (χ2n) is 6.21. The number of anilines is 1. The fourth-order valence-corrected chi connectivity index (χ4v) is 3.19. The molecule has 4 rings (SSSR count). The van der Waals surface area contributed by atoms with Gasteiger partial charge in [-0.25, -0.2) is 9.37 Å². The molecule has 0 atom stereocenters. The van der Waals surface area contributed by atoms with Crippen molar-refractivity contribution >= 4 is 11.7 Å². The number of benzene rings is 2. The summed E-state index contributed by atoms with van der Waals surface area (Å²) in [6, 6.07) is 15.9. The SMILES string of the molecule is O=C(NCc1ccccc1F)c1ccc(-c2ccnc3c2CCN3)cc1. The number of carbonyl (C=O) groups is 1. The van der Waals surface area contributed by atoms with E-state index in [9.17, 15) is 9.18 Å². The zero-order valence-corrected chi connectivity index (χ0v) is 14.1. The molecular weight excluding hydrogens is 329 g/mol. The third kappa shape index (κ3) is 3.16. The fraction of sp³-hybridized carbons (Fsp3) is 0.143. The molecule has 1 amide bonds. The van der Waals surface area contributed by atoms with Gasteiger partial charge in [-0.3, -0.25) is 4.79 Å². The third-order valence-electron chi connectivity index (χ3n) is 4.58. The van der Waals surface area contributed by atoms with E-state index in [0.29, 0.717) is 11.1 Å². The Hall–Kier alpha value is -3.21. The molecule has 0 fully saturated rings. The smallest absolute Gasteiger partial charge is 0.251 e. The molecule has 0 spiro atoms. The number of pyridine rings is 1. The summed E-state index contributed by atoms with van der Waals surface area (Å²) >= 11 is 0. The lowest BCUT2D eigenvalue weighted by molar-refractivity contribution is 0.0950. The van der Waals surface area contributed by atoms with Crippen molar-refractivity contribution in [2.75, 3.05) is 11.9 Å². The van der Waals surface area contributed by atoms with Gasteiger partial charge in [0.2, 0.25) is 0 Å². The van der Waals surface area contributed by atoms with Crippen LogP contribution in [-0.4, -0.2) is 17.4 Å². The summed E-state index contributed by atoms with van der Waals surface area (Å²) in [5, 5.41) is 6.03. The van der Waals surface area contributed by atoms with Gasteiger partial charge in [-0.15, -0.1) is 0 Å². The van der Waals surface area contributed by atoms with E-state index in [4.69, 9.17) is 0 Å². The van der Waals surface area contributed by atoms with Gasteiger partial charge in [-0.1, -0.05) is 30.3 Å². The monoisotopic (exact) mass is 347 g/mol. The predicted molar refractivity (Wildman–Crippen MR) is 99.4 cm³/mol. The van der Waals surface area contributed by atoms with Crippen molar-refractivity contribution < 1.29 is 9.18 Å². The number of nitrogens with zero attached hydrogens (tertiary/aromatic N) is 1. The van der Waals surface area contributed by atoms with E-state index in [0.717, 1.165) is 29.9 Å². The number of carbonyl (C=O) groups excluding carboxylic acids is 1. The highest BCUT2D eigenvalue weighted by molar-refractivity contribution is 5.94. The molecule has 0 saturated heterocycles. The molecule has 0 saturated carbocycles. The van der Waals surface area contributed by atoms with Crippen molar-refractivity contribution in [2.45, 2.75) is 13.0 Å². The summed E-state index contributed by atoms with van der Waals surface area (Å²) in [5.74, 6) is 0.402. The maximum Gasteiger partial charge on any atom is 0.251 e. The fourth-order valence-electron chi connectivity index (χ4n) is 3.19. The molecule has 130 valence electrons. The van der Waals surface area contributed by atoms with Gasteiger partial charge in [0, 0.05) is 36.0 Å². The van der Waals surface area contributed by atoms with Crippen LogP contribution in [0.15, 0.2) is 60.8 Å². The minimum atomic E-state index is -0.316. The van der Waals surface area contributed by atoms with Crippen LogP contribution < -0.4 is 10.6 Å². The highest BCUT2D eigenvalue weighted by Crippen LogP contribution is 2.31. The van der Waals surface area contributed by atoms with E-state index in [2.05, 4.69) is 15.6 Å². The summed E-state index contributed by atoms with van der Waals surface area (Å²) in [6.45, 7) is 1.06. The van der Waals surface area contributed by atoms with Crippen LogP contribution in [0.4, 0.5) is 10.2 Å². The Bertz CT molecular complexity index is 954. The lowest BCUT2D eigenvalue weighted by atomic mass is 9.99.